The molecule has 5 N–H and O–H groups in total. The molecule has 13 nitrogen and oxygen atoms in total. The van der Waals surface area contributed by atoms with E-state index in [-0.39, 0.29) is 29.2 Å². The van der Waals surface area contributed by atoms with E-state index in [2.05, 4.69) is 15.3 Å². The van der Waals surface area contributed by atoms with Gasteiger partial charge in [-0.05, 0) is 13.0 Å². The monoisotopic (exact) mass is 444 g/mol. The van der Waals surface area contributed by atoms with Gasteiger partial charge in [-0.3, -0.25) is 19.5 Å². The number of imidazole rings is 1. The molecule has 4 rings (SSSR count). The zero-order valence-electron chi connectivity index (χ0n) is 17.0. The molecule has 168 valence electrons. The number of hydrogen-bond donors (Lipinski definition) is 4. The molecule has 0 aliphatic carbocycles. The summed E-state index contributed by atoms with van der Waals surface area (Å²) in [6.07, 6.45) is -2.47. The molecule has 1 amide bonds. The lowest BCUT2D eigenvalue weighted by atomic mass is 10.1. The third-order valence-corrected chi connectivity index (χ3v) is 5.29. The number of nitrogens with two attached hydrogens (primary N) is 1. The molecule has 4 atom stereocenters. The molecule has 0 radical (unpaired) electrons. The van der Waals surface area contributed by atoms with Crippen LogP contribution in [0.25, 0.3) is 11.2 Å². The van der Waals surface area contributed by atoms with Crippen LogP contribution in [0.5, 0.6) is 0 Å². The summed E-state index contributed by atoms with van der Waals surface area (Å²) in [6, 6.07) is 6.30. The van der Waals surface area contributed by atoms with Crippen molar-refractivity contribution < 1.29 is 29.2 Å². The molecular formula is C19H22N7O6+. The third kappa shape index (κ3) is 3.62. The number of ether oxygens (including phenoxy) is 1. The van der Waals surface area contributed by atoms with Crippen molar-refractivity contribution in [1.82, 2.24) is 19.9 Å². The van der Waals surface area contributed by atoms with Crippen molar-refractivity contribution in [2.45, 2.75) is 38.0 Å². The summed E-state index contributed by atoms with van der Waals surface area (Å²) in [7, 11) is 0. The molecular weight excluding hydrogens is 422 g/mol. The van der Waals surface area contributed by atoms with Gasteiger partial charge in [-0.2, -0.15) is 0 Å². The minimum Gasteiger partial charge on any atom is -0.387 e. The van der Waals surface area contributed by atoms with Crippen molar-refractivity contribution in [2.75, 3.05) is 12.3 Å². The maximum Gasteiger partial charge on any atom is 0.275 e. The van der Waals surface area contributed by atoms with Crippen LogP contribution in [0, 0.1) is 10.1 Å². The van der Waals surface area contributed by atoms with Gasteiger partial charge in [0.25, 0.3) is 17.4 Å². The summed E-state index contributed by atoms with van der Waals surface area (Å²) in [6.45, 7) is 2.17. The molecule has 3 aromatic rings. The predicted octanol–water partition coefficient (Wildman–Crippen LogP) is -0.987. The Bertz CT molecular complexity index is 1180. The van der Waals surface area contributed by atoms with Gasteiger partial charge < -0.3 is 26.0 Å². The number of anilines is 1. The zero-order chi connectivity index (χ0) is 23.0. The number of aromatic nitrogens is 4. The zero-order valence-corrected chi connectivity index (χ0v) is 17.0. The van der Waals surface area contributed by atoms with Crippen LogP contribution in [0.1, 0.15) is 18.7 Å². The Morgan fingerprint density at radius 1 is 1.34 bits per heavy atom. The number of benzene rings is 1. The van der Waals surface area contributed by atoms with Crippen LogP contribution in [0.2, 0.25) is 0 Å². The van der Waals surface area contributed by atoms with Crippen LogP contribution in [0.4, 0.5) is 11.5 Å². The first kappa shape index (κ1) is 21.5. The van der Waals surface area contributed by atoms with E-state index in [1.54, 1.807) is 25.1 Å². The molecule has 0 bridgehead atoms. The number of nitrogens with zero attached hydrogens (tertiary/aromatic N) is 5. The number of nitrogen functional groups attached to an aromatic ring is 1. The minimum absolute atomic E-state index is 0.0436. The van der Waals surface area contributed by atoms with Gasteiger partial charge in [-0.15, -0.1) is 0 Å². The summed E-state index contributed by atoms with van der Waals surface area (Å²) < 4.78 is 8.51. The van der Waals surface area contributed by atoms with Gasteiger partial charge in [0.1, 0.15) is 25.1 Å². The second-order valence-corrected chi connectivity index (χ2v) is 7.29. The Kier molecular flexibility index (Phi) is 5.69. The van der Waals surface area contributed by atoms with Gasteiger partial charge in [-0.1, -0.05) is 17.1 Å². The smallest absolute Gasteiger partial charge is 0.275 e. The highest BCUT2D eigenvalue weighted by molar-refractivity contribution is 5.82. The molecule has 0 saturated carbocycles. The number of nitro groups is 1. The molecule has 13 heteroatoms. The average molecular weight is 444 g/mol. The number of rotatable bonds is 6. The summed E-state index contributed by atoms with van der Waals surface area (Å²) in [5.74, 6) is -0.346. The largest absolute Gasteiger partial charge is 0.387 e. The van der Waals surface area contributed by atoms with Crippen LogP contribution >= 0.6 is 0 Å². The van der Waals surface area contributed by atoms with E-state index in [1.165, 1.54) is 27.9 Å². The minimum atomic E-state index is -1.44. The number of nitro benzene ring substituents is 1. The Labute approximate surface area is 181 Å². The lowest BCUT2D eigenvalue weighted by molar-refractivity contribution is -0.676. The lowest BCUT2D eigenvalue weighted by Crippen LogP contribution is -2.42. The van der Waals surface area contributed by atoms with Crippen molar-refractivity contribution in [3.05, 3.63) is 52.6 Å². The molecule has 1 aliphatic heterocycles. The second kappa shape index (κ2) is 8.45. The van der Waals surface area contributed by atoms with Crippen LogP contribution in [-0.4, -0.2) is 60.4 Å². The fraction of sp³-hybridized carbons (Fsp3) is 0.368. The molecule has 1 saturated heterocycles. The molecule has 1 aromatic carbocycles. The molecule has 4 unspecified atom stereocenters. The number of carbonyl (C=O) groups excluding carboxylic acids is 1. The fourth-order valence-electron chi connectivity index (χ4n) is 3.68. The van der Waals surface area contributed by atoms with Crippen molar-refractivity contribution in [3.63, 3.8) is 0 Å². The van der Waals surface area contributed by atoms with E-state index in [0.29, 0.717) is 12.1 Å². The maximum absolute atomic E-state index is 12.1. The number of aliphatic hydroxyl groups excluding tert-OH is 2. The van der Waals surface area contributed by atoms with Crippen molar-refractivity contribution in [2.24, 2.45) is 0 Å². The number of nitrogens with one attached hydrogen (secondary N) is 1. The van der Waals surface area contributed by atoms with E-state index >= 15 is 0 Å². The Balaban J connectivity index is 1.66. The number of amides is 1. The van der Waals surface area contributed by atoms with Gasteiger partial charge >= 0.3 is 0 Å². The normalized spacial score (nSPS) is 22.8. The highest BCUT2D eigenvalue weighted by atomic mass is 16.6. The molecule has 1 aliphatic rings. The van der Waals surface area contributed by atoms with Crippen LogP contribution in [-0.2, 0) is 16.1 Å². The van der Waals surface area contributed by atoms with Crippen LogP contribution in [0.15, 0.2) is 36.9 Å². The van der Waals surface area contributed by atoms with Crippen molar-refractivity contribution in [3.8, 4) is 0 Å². The second-order valence-electron chi connectivity index (χ2n) is 7.29. The number of likely N-dealkylation sites (N-methyl/N-ethyl adjacent to an activating group) is 1. The lowest BCUT2D eigenvalue weighted by Gasteiger charge is -2.15. The van der Waals surface area contributed by atoms with Crippen LogP contribution in [0.3, 0.4) is 0 Å². The summed E-state index contributed by atoms with van der Waals surface area (Å²) >= 11 is 0. The summed E-state index contributed by atoms with van der Waals surface area (Å²) in [5, 5.41) is 34.5. The number of fused-ring (bicyclic) bond motifs is 1. The van der Waals surface area contributed by atoms with Crippen LogP contribution < -0.4 is 15.6 Å². The van der Waals surface area contributed by atoms with Crippen molar-refractivity contribution in [1.29, 1.82) is 0 Å². The fourth-order valence-corrected chi connectivity index (χ4v) is 3.68. The number of aliphatic hydroxyl groups is 2. The standard InChI is InChI=1S/C19H21N7O6/c1-2-21-18(29)15-13(27)14(28)19(32-15)25-9-22-12-16(20)24(8-23-17(12)25)7-10-5-3-4-6-11(10)26(30)31/h3-6,8-9,13-15,19-20,27-28H,2,7H2,1H3,(H,21,29)/p+1. The van der Waals surface area contributed by atoms with Gasteiger partial charge in [0.15, 0.2) is 17.8 Å². The van der Waals surface area contributed by atoms with Gasteiger partial charge in [0.2, 0.25) is 12.0 Å². The Morgan fingerprint density at radius 3 is 2.81 bits per heavy atom. The predicted molar refractivity (Wildman–Crippen MR) is 109 cm³/mol. The molecule has 32 heavy (non-hydrogen) atoms. The van der Waals surface area contributed by atoms with Gasteiger partial charge in [-0.25, -0.2) is 9.55 Å². The van der Waals surface area contributed by atoms with Crippen molar-refractivity contribution >= 4 is 28.6 Å². The quantitative estimate of drug-likeness (QED) is 0.211. The Hall–Kier alpha value is -3.68. The molecule has 1 fully saturated rings. The molecule has 0 spiro atoms. The summed E-state index contributed by atoms with van der Waals surface area (Å²) in [4.78, 5) is 31.5. The first-order chi connectivity index (χ1) is 15.3. The maximum atomic E-state index is 12.1. The van der Waals surface area contributed by atoms with E-state index in [1.807, 2.05) is 0 Å². The van der Waals surface area contributed by atoms with Gasteiger partial charge in [0, 0.05) is 12.6 Å². The highest BCUT2D eigenvalue weighted by Gasteiger charge is 2.48. The van der Waals surface area contributed by atoms with E-state index in [4.69, 9.17) is 10.5 Å². The first-order valence-corrected chi connectivity index (χ1v) is 9.85. The number of carbonyl (C=O) groups is 1. The first-order valence-electron chi connectivity index (χ1n) is 9.85. The Morgan fingerprint density at radius 2 is 2.09 bits per heavy atom. The molecule has 3 heterocycles. The SMILES string of the molecule is CCNC(=O)C1OC(n2cnc3c(N)[n+](Cc4ccccc4[N+](=O)[O-])cnc32)C(O)C1O. The van der Waals surface area contributed by atoms with Gasteiger partial charge in [0.05, 0.1) is 10.5 Å². The van der Waals surface area contributed by atoms with E-state index in [9.17, 15) is 25.1 Å². The van der Waals surface area contributed by atoms with E-state index in [0.717, 1.165) is 0 Å². The summed E-state index contributed by atoms with van der Waals surface area (Å²) in [5.41, 5.74) is 7.17. The number of para-hydroxylation sites is 1. The average Bonchev–Trinajstić information content (AvgIpc) is 3.32. The molecule has 2 aromatic heterocycles. The number of hydrogen-bond acceptors (Lipinski definition) is 9. The highest BCUT2D eigenvalue weighted by Crippen LogP contribution is 2.32. The third-order valence-electron chi connectivity index (χ3n) is 5.29. The van der Waals surface area contributed by atoms with E-state index < -0.39 is 35.4 Å². The topological polar surface area (TPSA) is 183 Å².